The van der Waals surface area contributed by atoms with Crippen molar-refractivity contribution in [3.8, 4) is 17.5 Å². The zero-order valence-electron chi connectivity index (χ0n) is 18.5. The van der Waals surface area contributed by atoms with Crippen LogP contribution in [0.15, 0.2) is 65.1 Å². The van der Waals surface area contributed by atoms with Gasteiger partial charge in [0, 0.05) is 26.2 Å². The predicted molar refractivity (Wildman–Crippen MR) is 127 cm³/mol. The second-order valence-corrected chi connectivity index (χ2v) is 8.49. The van der Waals surface area contributed by atoms with Crippen LogP contribution in [0.2, 0.25) is 0 Å². The maximum absolute atomic E-state index is 13.1. The van der Waals surface area contributed by atoms with E-state index in [2.05, 4.69) is 22.3 Å². The number of thioether (sulfide) groups is 1. The van der Waals surface area contributed by atoms with Gasteiger partial charge in [0.15, 0.2) is 16.8 Å². The summed E-state index contributed by atoms with van der Waals surface area (Å²) in [6.07, 6.45) is 0. The molecule has 0 unspecified atom stereocenters. The van der Waals surface area contributed by atoms with Crippen molar-refractivity contribution in [3.63, 3.8) is 0 Å². The maximum Gasteiger partial charge on any atom is 0.191 e. The number of allylic oxidation sites excluding steroid dienone is 1. The molecule has 0 fully saturated rings. The van der Waals surface area contributed by atoms with Crippen LogP contribution >= 0.6 is 11.8 Å². The fourth-order valence-electron chi connectivity index (χ4n) is 3.94. The third kappa shape index (κ3) is 3.76. The number of carbonyl (C=O) groups is 1. The molecule has 0 atom stereocenters. The molecule has 0 spiro atoms. The summed E-state index contributed by atoms with van der Waals surface area (Å²) >= 11 is 1.31. The lowest BCUT2D eigenvalue weighted by Crippen LogP contribution is -2.26. The third-order valence-corrected chi connectivity index (χ3v) is 6.46. The van der Waals surface area contributed by atoms with Gasteiger partial charge in [0.05, 0.1) is 17.1 Å². The summed E-state index contributed by atoms with van der Waals surface area (Å²) in [6, 6.07) is 18.1. The van der Waals surface area contributed by atoms with Crippen LogP contribution in [0.3, 0.4) is 0 Å². The van der Waals surface area contributed by atoms with Crippen molar-refractivity contribution in [1.82, 2.24) is 14.8 Å². The minimum Gasteiger partial charge on any atom is -0.328 e. The quantitative estimate of drug-likeness (QED) is 0.319. The van der Waals surface area contributed by atoms with Crippen LogP contribution in [0, 0.1) is 18.3 Å². The fraction of sp³-hybridized carbons (Fsp3) is 0.250. The molecule has 4 rings (SSSR count). The third-order valence-electron chi connectivity index (χ3n) is 5.50. The zero-order chi connectivity index (χ0) is 22.8. The highest BCUT2D eigenvalue weighted by Gasteiger charge is 2.31. The van der Waals surface area contributed by atoms with Gasteiger partial charge in [0.25, 0.3) is 0 Å². The molecule has 0 N–H and O–H groups in total. The van der Waals surface area contributed by atoms with Gasteiger partial charge in [-0.05, 0) is 32.0 Å². The molecule has 162 valence electrons. The number of benzene rings is 2. The predicted octanol–water partition coefficient (Wildman–Crippen LogP) is 4.26. The number of ketones is 1. The summed E-state index contributed by atoms with van der Waals surface area (Å²) in [7, 11) is 3.74. The molecule has 0 aliphatic carbocycles. The lowest BCUT2D eigenvalue weighted by molar-refractivity contribution is -0.112. The second kappa shape index (κ2) is 8.89. The van der Waals surface area contributed by atoms with Crippen LogP contribution in [0.5, 0.6) is 0 Å². The molecule has 0 bridgehead atoms. The van der Waals surface area contributed by atoms with Gasteiger partial charge in [0.1, 0.15) is 17.5 Å². The van der Waals surface area contributed by atoms with Crippen molar-refractivity contribution in [1.29, 1.82) is 5.26 Å². The summed E-state index contributed by atoms with van der Waals surface area (Å²) in [5, 5.41) is 19.2. The van der Waals surface area contributed by atoms with Gasteiger partial charge in [-0.3, -0.25) is 4.79 Å². The topological polar surface area (TPSA) is 78.0 Å². The average Bonchev–Trinajstić information content (AvgIpc) is 3.33. The molecule has 1 aliphatic rings. The number of rotatable bonds is 6. The van der Waals surface area contributed by atoms with Crippen molar-refractivity contribution in [3.05, 3.63) is 65.5 Å². The molecule has 0 amide bonds. The average molecular weight is 445 g/mol. The van der Waals surface area contributed by atoms with E-state index in [1.165, 1.54) is 11.8 Å². The Morgan fingerprint density at radius 2 is 1.75 bits per heavy atom. The summed E-state index contributed by atoms with van der Waals surface area (Å²) in [6.45, 7) is 4.74. The molecule has 0 saturated carbocycles. The van der Waals surface area contributed by atoms with Gasteiger partial charge in [-0.2, -0.15) is 5.26 Å². The van der Waals surface area contributed by atoms with Crippen molar-refractivity contribution >= 4 is 28.9 Å². The van der Waals surface area contributed by atoms with E-state index >= 15 is 0 Å². The number of carbonyl (C=O) groups excluding carboxylic acids is 1. The summed E-state index contributed by atoms with van der Waals surface area (Å²) in [5.74, 6) is 1.24. The van der Waals surface area contributed by atoms with E-state index in [0.717, 1.165) is 28.3 Å². The Kier molecular flexibility index (Phi) is 6.01. The number of Topliss-reactive ketones (excluding diaryl/α,β-unsaturated/α-hetero) is 1. The Morgan fingerprint density at radius 3 is 2.34 bits per heavy atom. The van der Waals surface area contributed by atoms with Crippen molar-refractivity contribution in [2.24, 2.45) is 0 Å². The molecular weight excluding hydrogens is 420 g/mol. The molecule has 0 radical (unpaired) electrons. The summed E-state index contributed by atoms with van der Waals surface area (Å²) in [5.41, 5.74) is 4.21. The minimum atomic E-state index is -0.234. The standard InChI is InChI=1S/C24H24N6OS/c1-5-30-22(17-10-8-9-16(2)13-17)26-27-24(30)32-15-21(31)18(14-25)23-28(3)19-11-6-7-12-20(19)29(23)4/h6-13H,5,15H2,1-4H3. The second-order valence-electron chi connectivity index (χ2n) is 7.55. The SMILES string of the molecule is CCn1c(SCC(=O)C(C#N)=C2N(C)c3ccccc3N2C)nnc1-c1cccc(C)c1. The van der Waals surface area contributed by atoms with Gasteiger partial charge < -0.3 is 14.4 Å². The largest absolute Gasteiger partial charge is 0.328 e. The molecular formula is C24H24N6OS. The number of anilines is 2. The van der Waals surface area contributed by atoms with Crippen molar-refractivity contribution in [2.75, 3.05) is 29.6 Å². The Morgan fingerprint density at radius 1 is 1.06 bits per heavy atom. The number of aromatic nitrogens is 3. The number of fused-ring (bicyclic) bond motifs is 1. The summed E-state index contributed by atoms with van der Waals surface area (Å²) in [4.78, 5) is 16.9. The van der Waals surface area contributed by atoms with Gasteiger partial charge >= 0.3 is 0 Å². The Hall–Kier alpha value is -3.57. The van der Waals surface area contributed by atoms with Crippen LogP contribution in [0.1, 0.15) is 12.5 Å². The first-order valence-electron chi connectivity index (χ1n) is 10.3. The Balaban J connectivity index is 1.58. The number of para-hydroxylation sites is 2. The molecule has 1 aliphatic heterocycles. The zero-order valence-corrected chi connectivity index (χ0v) is 19.3. The van der Waals surface area contributed by atoms with E-state index in [0.29, 0.717) is 17.5 Å². The van der Waals surface area contributed by atoms with E-state index in [1.807, 2.05) is 84.8 Å². The molecule has 3 aromatic rings. The van der Waals surface area contributed by atoms with E-state index in [-0.39, 0.29) is 17.1 Å². The van der Waals surface area contributed by atoms with E-state index in [9.17, 15) is 10.1 Å². The Bertz CT molecular complexity index is 1220. The van der Waals surface area contributed by atoms with Gasteiger partial charge in [-0.15, -0.1) is 10.2 Å². The van der Waals surface area contributed by atoms with Crippen LogP contribution in [0.25, 0.3) is 11.4 Å². The maximum atomic E-state index is 13.1. The van der Waals surface area contributed by atoms with Gasteiger partial charge in [0.2, 0.25) is 0 Å². The van der Waals surface area contributed by atoms with Gasteiger partial charge in [-0.25, -0.2) is 0 Å². The van der Waals surface area contributed by atoms with Crippen LogP contribution in [-0.4, -0.2) is 40.4 Å². The number of hydrogen-bond acceptors (Lipinski definition) is 7. The molecule has 2 aromatic carbocycles. The fourth-order valence-corrected chi connectivity index (χ4v) is 4.81. The highest BCUT2D eigenvalue weighted by atomic mass is 32.2. The number of aryl methyl sites for hydroxylation is 1. The van der Waals surface area contributed by atoms with Crippen molar-refractivity contribution in [2.45, 2.75) is 25.5 Å². The lowest BCUT2D eigenvalue weighted by atomic mass is 10.1. The van der Waals surface area contributed by atoms with Crippen LogP contribution < -0.4 is 9.80 Å². The Labute approximate surface area is 192 Å². The number of hydrogen-bond donors (Lipinski definition) is 0. The van der Waals surface area contributed by atoms with Crippen molar-refractivity contribution < 1.29 is 4.79 Å². The first-order chi connectivity index (χ1) is 15.5. The summed E-state index contributed by atoms with van der Waals surface area (Å²) < 4.78 is 2.00. The smallest absolute Gasteiger partial charge is 0.191 e. The number of nitrogens with zero attached hydrogens (tertiary/aromatic N) is 6. The first-order valence-corrected chi connectivity index (χ1v) is 11.3. The van der Waals surface area contributed by atoms with Crippen LogP contribution in [0.4, 0.5) is 11.4 Å². The number of nitriles is 1. The highest BCUT2D eigenvalue weighted by Crippen LogP contribution is 2.40. The monoisotopic (exact) mass is 444 g/mol. The molecule has 8 heteroatoms. The molecule has 0 saturated heterocycles. The first kappa shape index (κ1) is 21.7. The molecule has 1 aromatic heterocycles. The minimum absolute atomic E-state index is 0.108. The van der Waals surface area contributed by atoms with Crippen LogP contribution in [-0.2, 0) is 11.3 Å². The highest BCUT2D eigenvalue weighted by molar-refractivity contribution is 7.99. The van der Waals surface area contributed by atoms with Gasteiger partial charge in [-0.1, -0.05) is 47.7 Å². The van der Waals surface area contributed by atoms with E-state index < -0.39 is 0 Å². The molecule has 7 nitrogen and oxygen atoms in total. The molecule has 2 heterocycles. The lowest BCUT2D eigenvalue weighted by Gasteiger charge is -2.19. The van der Waals surface area contributed by atoms with E-state index in [4.69, 9.17) is 0 Å². The normalized spacial score (nSPS) is 12.7. The molecule has 32 heavy (non-hydrogen) atoms. The van der Waals surface area contributed by atoms with E-state index in [1.54, 1.807) is 0 Å².